The van der Waals surface area contributed by atoms with E-state index in [2.05, 4.69) is 41.1 Å². The topological polar surface area (TPSA) is 61.7 Å². The van der Waals surface area contributed by atoms with Crippen LogP contribution in [-0.4, -0.2) is 55.0 Å². The van der Waals surface area contributed by atoms with E-state index in [1.54, 1.807) is 18.3 Å². The number of rotatable bonds is 5. The van der Waals surface area contributed by atoms with E-state index in [1.165, 1.54) is 16.8 Å². The Bertz CT molecular complexity index is 1150. The molecular weight excluding hydrogens is 414 g/mol. The van der Waals surface area contributed by atoms with Crippen molar-refractivity contribution in [1.29, 1.82) is 0 Å². The fourth-order valence-electron chi connectivity index (χ4n) is 5.94. The number of H-pyrrole nitrogens is 1. The fraction of sp³-hybridized carbons (Fsp3) is 0.444. The van der Waals surface area contributed by atoms with E-state index in [4.69, 9.17) is 9.15 Å². The molecule has 2 aliphatic rings. The largest absolute Gasteiger partial charge is 0.497 e. The minimum atomic E-state index is 0.0108. The number of carbonyl (C=O) groups excluding carboxylic acids is 1. The van der Waals surface area contributed by atoms with Gasteiger partial charge in [-0.1, -0.05) is 12.1 Å². The third-order valence-corrected chi connectivity index (χ3v) is 7.77. The molecule has 0 bridgehead atoms. The first kappa shape index (κ1) is 21.8. The molecule has 1 aromatic carbocycles. The number of piperidine rings is 1. The van der Waals surface area contributed by atoms with Crippen LogP contribution in [0.1, 0.15) is 45.1 Å². The number of benzene rings is 1. The Morgan fingerprint density at radius 2 is 2.15 bits per heavy atom. The molecule has 1 N–H and O–H groups in total. The second-order valence-corrected chi connectivity index (χ2v) is 9.81. The predicted octanol–water partition coefficient (Wildman–Crippen LogP) is 4.19. The summed E-state index contributed by atoms with van der Waals surface area (Å²) in [5.74, 6) is 2.39. The van der Waals surface area contributed by atoms with Gasteiger partial charge in [-0.05, 0) is 79.6 Å². The molecule has 0 radical (unpaired) electrons. The summed E-state index contributed by atoms with van der Waals surface area (Å²) in [6.07, 6.45) is 4.68. The highest BCUT2D eigenvalue weighted by molar-refractivity contribution is 5.94. The zero-order valence-electron chi connectivity index (χ0n) is 20.0. The van der Waals surface area contributed by atoms with Gasteiger partial charge in [0, 0.05) is 31.7 Å². The van der Waals surface area contributed by atoms with E-state index < -0.39 is 0 Å². The maximum atomic E-state index is 12.8. The molecule has 174 valence electrons. The first-order chi connectivity index (χ1) is 15.9. The lowest BCUT2D eigenvalue weighted by molar-refractivity contribution is 0.0716. The highest BCUT2D eigenvalue weighted by Gasteiger charge is 2.48. The summed E-state index contributed by atoms with van der Waals surface area (Å²) >= 11 is 0. The van der Waals surface area contributed by atoms with Gasteiger partial charge in [-0.25, -0.2) is 0 Å². The van der Waals surface area contributed by atoms with Crippen molar-refractivity contribution in [3.8, 4) is 5.75 Å². The van der Waals surface area contributed by atoms with E-state index >= 15 is 0 Å². The highest BCUT2D eigenvalue weighted by Crippen LogP contribution is 2.49. The third kappa shape index (κ3) is 3.76. The number of furan rings is 1. The molecule has 6 heteroatoms. The minimum absolute atomic E-state index is 0.0108. The van der Waals surface area contributed by atoms with E-state index in [1.807, 2.05) is 26.2 Å². The molecule has 0 saturated carbocycles. The van der Waals surface area contributed by atoms with E-state index in [0.29, 0.717) is 5.92 Å². The number of hydrogen-bond acceptors (Lipinski definition) is 4. The van der Waals surface area contributed by atoms with Gasteiger partial charge in [0.05, 0.1) is 19.9 Å². The average Bonchev–Trinajstić information content (AvgIpc) is 3.44. The van der Waals surface area contributed by atoms with Gasteiger partial charge in [-0.3, -0.25) is 9.69 Å². The molecule has 1 fully saturated rings. The molecule has 3 aromatic rings. The van der Waals surface area contributed by atoms with Gasteiger partial charge in [0.15, 0.2) is 0 Å². The van der Waals surface area contributed by atoms with Crippen LogP contribution in [0.3, 0.4) is 0 Å². The lowest BCUT2D eigenvalue weighted by Gasteiger charge is -2.51. The van der Waals surface area contributed by atoms with Gasteiger partial charge in [0.2, 0.25) is 0 Å². The first-order valence-electron chi connectivity index (χ1n) is 11.7. The molecule has 0 unspecified atom stereocenters. The molecular formula is C27H33N3O3. The summed E-state index contributed by atoms with van der Waals surface area (Å²) < 4.78 is 11.2. The van der Waals surface area contributed by atoms with Crippen molar-refractivity contribution in [2.75, 3.05) is 34.3 Å². The van der Waals surface area contributed by atoms with Crippen molar-refractivity contribution in [3.05, 3.63) is 76.5 Å². The molecule has 3 heterocycles. The van der Waals surface area contributed by atoms with Gasteiger partial charge in [0.1, 0.15) is 17.2 Å². The van der Waals surface area contributed by atoms with Crippen molar-refractivity contribution in [3.63, 3.8) is 0 Å². The second kappa shape index (κ2) is 8.41. The average molecular weight is 448 g/mol. The van der Waals surface area contributed by atoms with Crippen LogP contribution in [0.15, 0.2) is 47.1 Å². The Balaban J connectivity index is 1.54. The van der Waals surface area contributed by atoms with Crippen LogP contribution < -0.4 is 4.74 Å². The Morgan fingerprint density at radius 3 is 2.88 bits per heavy atom. The summed E-state index contributed by atoms with van der Waals surface area (Å²) in [7, 11) is 5.35. The van der Waals surface area contributed by atoms with Crippen molar-refractivity contribution in [2.45, 2.75) is 38.1 Å². The van der Waals surface area contributed by atoms with Gasteiger partial charge >= 0.3 is 0 Å². The standard InChI is InChI=1S/C27H33N3O3/c1-18-23-14-20-16-30(17-22-9-6-12-33-22)11-10-27(20,19-7-5-8-21(13-19)32-4)15-24(23)28-25(18)26(31)29(2)3/h5-9,12-13,20,28H,10-11,14-17H2,1-4H3/t20-,27+/m1/s1. The molecule has 33 heavy (non-hydrogen) atoms. The molecule has 6 nitrogen and oxygen atoms in total. The molecule has 1 aliphatic heterocycles. The second-order valence-electron chi connectivity index (χ2n) is 9.81. The SMILES string of the molecule is COc1cccc([C@@]23CCN(Cc4ccco4)C[C@H]2Cc2c([nH]c(C(=O)N(C)C)c2C)C3)c1. The zero-order valence-corrected chi connectivity index (χ0v) is 20.0. The number of nitrogens with zero attached hydrogens (tertiary/aromatic N) is 2. The Kier molecular flexibility index (Phi) is 5.57. The smallest absolute Gasteiger partial charge is 0.270 e. The maximum absolute atomic E-state index is 12.8. The molecule has 2 aromatic heterocycles. The van der Waals surface area contributed by atoms with Gasteiger partial charge in [0.25, 0.3) is 5.91 Å². The zero-order chi connectivity index (χ0) is 23.2. The number of hydrogen-bond donors (Lipinski definition) is 1. The van der Waals surface area contributed by atoms with Crippen LogP contribution >= 0.6 is 0 Å². The fourth-order valence-corrected chi connectivity index (χ4v) is 5.94. The maximum Gasteiger partial charge on any atom is 0.270 e. The van der Waals surface area contributed by atoms with Crippen molar-refractivity contribution >= 4 is 5.91 Å². The van der Waals surface area contributed by atoms with Crippen LogP contribution in [0.5, 0.6) is 5.75 Å². The summed E-state index contributed by atoms with van der Waals surface area (Å²) in [5.41, 5.74) is 5.72. The van der Waals surface area contributed by atoms with Crippen LogP contribution in [0, 0.1) is 12.8 Å². The van der Waals surface area contributed by atoms with Crippen molar-refractivity contribution in [2.24, 2.45) is 5.92 Å². The molecule has 0 spiro atoms. The van der Waals surface area contributed by atoms with E-state index in [9.17, 15) is 4.79 Å². The number of likely N-dealkylation sites (tertiary alicyclic amines) is 1. The van der Waals surface area contributed by atoms with Gasteiger partial charge in [-0.2, -0.15) is 0 Å². The molecule has 1 aliphatic carbocycles. The minimum Gasteiger partial charge on any atom is -0.497 e. The lowest BCUT2D eigenvalue weighted by Crippen LogP contribution is -2.53. The lowest BCUT2D eigenvalue weighted by atomic mass is 9.58. The Morgan fingerprint density at radius 1 is 1.30 bits per heavy atom. The molecule has 5 rings (SSSR count). The number of fused-ring (bicyclic) bond motifs is 2. The summed E-state index contributed by atoms with van der Waals surface area (Å²) in [6, 6.07) is 12.6. The summed E-state index contributed by atoms with van der Waals surface area (Å²) in [5, 5.41) is 0. The van der Waals surface area contributed by atoms with Gasteiger partial charge in [-0.15, -0.1) is 0 Å². The number of aromatic nitrogens is 1. The van der Waals surface area contributed by atoms with E-state index in [0.717, 1.165) is 61.7 Å². The number of methoxy groups -OCH3 is 1. The summed E-state index contributed by atoms with van der Waals surface area (Å²) in [6.45, 7) is 4.93. The number of aromatic amines is 1. The number of amides is 1. The summed E-state index contributed by atoms with van der Waals surface area (Å²) in [4.78, 5) is 20.5. The monoisotopic (exact) mass is 447 g/mol. The normalized spacial score (nSPS) is 22.5. The number of carbonyl (C=O) groups is 1. The molecule has 1 amide bonds. The van der Waals surface area contributed by atoms with E-state index in [-0.39, 0.29) is 11.3 Å². The molecule has 1 saturated heterocycles. The number of ether oxygens (including phenoxy) is 1. The van der Waals surface area contributed by atoms with Crippen molar-refractivity contribution in [1.82, 2.24) is 14.8 Å². The quantitative estimate of drug-likeness (QED) is 0.637. The van der Waals surface area contributed by atoms with Crippen LogP contribution in [0.2, 0.25) is 0 Å². The first-order valence-corrected chi connectivity index (χ1v) is 11.7. The third-order valence-electron chi connectivity index (χ3n) is 7.77. The van der Waals surface area contributed by atoms with Crippen LogP contribution in [0.25, 0.3) is 0 Å². The number of nitrogens with one attached hydrogen (secondary N) is 1. The van der Waals surface area contributed by atoms with Crippen molar-refractivity contribution < 1.29 is 13.9 Å². The van der Waals surface area contributed by atoms with Crippen LogP contribution in [-0.2, 0) is 24.8 Å². The predicted molar refractivity (Wildman–Crippen MR) is 128 cm³/mol. The highest BCUT2D eigenvalue weighted by atomic mass is 16.5. The Hall–Kier alpha value is -2.99. The molecule has 2 atom stereocenters. The van der Waals surface area contributed by atoms with Gasteiger partial charge < -0.3 is 19.0 Å². The van der Waals surface area contributed by atoms with Crippen LogP contribution in [0.4, 0.5) is 0 Å². The Labute approximate surface area is 195 Å².